The lowest BCUT2D eigenvalue weighted by atomic mass is 10.0. The fourth-order valence-electron chi connectivity index (χ4n) is 6.60. The van der Waals surface area contributed by atoms with Crippen LogP contribution in [0.1, 0.15) is 52.8 Å². The van der Waals surface area contributed by atoms with Gasteiger partial charge >= 0.3 is 5.97 Å². The van der Waals surface area contributed by atoms with Gasteiger partial charge < -0.3 is 18.6 Å². The van der Waals surface area contributed by atoms with Gasteiger partial charge in [0.05, 0.1) is 12.5 Å². The van der Waals surface area contributed by atoms with Gasteiger partial charge in [-0.1, -0.05) is 118 Å². The van der Waals surface area contributed by atoms with E-state index >= 15 is 0 Å². The zero-order chi connectivity index (χ0) is 35.2. The standard InChI is InChI=1S/C40H43FNO5PSi/c1-29(2)42-36-20-13-12-19-35(36)39(30-22-24-31(41)25-23-30)37(42)21-14-26-46-48(45)28-32(27-38(43)44)47-49(40(3,4)5,33-15-8-6-9-16-33)34-17-10-7-11-18-34/h6-13,15-20,22-25,29,32,48H,26-28H2,1-5H3,(H,43,44)/t32-/m0/s1. The highest BCUT2D eigenvalue weighted by Gasteiger charge is 2.51. The minimum atomic E-state index is -3.10. The predicted molar refractivity (Wildman–Crippen MR) is 199 cm³/mol. The summed E-state index contributed by atoms with van der Waals surface area (Å²) < 4.78 is 42.3. The van der Waals surface area contributed by atoms with Crippen LogP contribution in [0.2, 0.25) is 5.04 Å². The van der Waals surface area contributed by atoms with Gasteiger partial charge in [-0.05, 0) is 58.9 Å². The van der Waals surface area contributed by atoms with Crippen LogP contribution < -0.4 is 10.4 Å². The molecule has 1 N–H and O–H groups in total. The van der Waals surface area contributed by atoms with Crippen molar-refractivity contribution in [1.29, 1.82) is 0 Å². The summed E-state index contributed by atoms with van der Waals surface area (Å²) in [6, 6.07) is 34.4. The van der Waals surface area contributed by atoms with Crippen LogP contribution in [0.25, 0.3) is 22.0 Å². The van der Waals surface area contributed by atoms with Gasteiger partial charge in [0.1, 0.15) is 18.1 Å². The third-order valence-corrected chi connectivity index (χ3v) is 15.0. The van der Waals surface area contributed by atoms with Crippen molar-refractivity contribution < 1.29 is 27.8 Å². The molecule has 5 aromatic rings. The van der Waals surface area contributed by atoms with E-state index in [1.54, 1.807) is 12.1 Å². The number of para-hydroxylation sites is 1. The number of halogens is 1. The number of rotatable bonds is 12. The van der Waals surface area contributed by atoms with Gasteiger partial charge in [0.2, 0.25) is 0 Å². The zero-order valence-electron chi connectivity index (χ0n) is 28.6. The lowest BCUT2D eigenvalue weighted by Gasteiger charge is -2.45. The van der Waals surface area contributed by atoms with E-state index < -0.39 is 28.4 Å². The molecule has 1 aromatic heterocycles. The van der Waals surface area contributed by atoms with Crippen LogP contribution in [-0.2, 0) is 18.3 Å². The summed E-state index contributed by atoms with van der Waals surface area (Å²) in [4.78, 5) is 12.1. The SMILES string of the molecule is CC(C)n1c(C#CCO[PH](=O)C[C@H](CC(=O)O)O[Si](c2ccccc2)(c2ccccc2)C(C)(C)C)c(-c2ccc(F)cc2)c2ccccc21. The van der Waals surface area contributed by atoms with Gasteiger partial charge in [0.25, 0.3) is 8.32 Å². The Morgan fingerprint density at radius 1 is 0.898 bits per heavy atom. The van der Waals surface area contributed by atoms with E-state index in [2.05, 4.69) is 51.0 Å². The van der Waals surface area contributed by atoms with Crippen molar-refractivity contribution in [3.8, 4) is 23.0 Å². The highest BCUT2D eigenvalue weighted by atomic mass is 31.1. The summed E-state index contributed by atoms with van der Waals surface area (Å²) in [5, 5.41) is 12.5. The third-order valence-electron chi connectivity index (χ3n) is 8.63. The Morgan fingerprint density at radius 2 is 1.47 bits per heavy atom. The van der Waals surface area contributed by atoms with Crippen LogP contribution in [0.4, 0.5) is 4.39 Å². The molecular weight excluding hydrogens is 653 g/mol. The summed E-state index contributed by atoms with van der Waals surface area (Å²) in [6.45, 7) is 10.4. The molecule has 1 heterocycles. The molecule has 0 aliphatic rings. The highest BCUT2D eigenvalue weighted by molar-refractivity contribution is 7.39. The fourth-order valence-corrected chi connectivity index (χ4v) is 12.4. The first-order valence-corrected chi connectivity index (χ1v) is 19.9. The molecule has 0 saturated carbocycles. The van der Waals surface area contributed by atoms with E-state index in [1.165, 1.54) is 12.1 Å². The molecule has 0 radical (unpaired) electrons. The van der Waals surface area contributed by atoms with Crippen molar-refractivity contribution in [1.82, 2.24) is 4.57 Å². The lowest BCUT2D eigenvalue weighted by molar-refractivity contribution is -0.138. The molecule has 4 aromatic carbocycles. The number of fused-ring (bicyclic) bond motifs is 1. The first-order valence-electron chi connectivity index (χ1n) is 16.5. The molecule has 2 atom stereocenters. The van der Waals surface area contributed by atoms with E-state index in [0.29, 0.717) is 0 Å². The number of hydrogen-bond acceptors (Lipinski definition) is 4. The van der Waals surface area contributed by atoms with Crippen LogP contribution in [0.15, 0.2) is 109 Å². The number of carbonyl (C=O) groups is 1. The van der Waals surface area contributed by atoms with E-state index in [4.69, 9.17) is 8.95 Å². The number of aromatic nitrogens is 1. The number of carboxylic acid groups (broad SMARTS) is 1. The topological polar surface area (TPSA) is 77.8 Å². The number of aliphatic carboxylic acids is 1. The molecule has 5 rings (SSSR count). The average Bonchev–Trinajstić information content (AvgIpc) is 3.40. The Bertz CT molecular complexity index is 1940. The van der Waals surface area contributed by atoms with Crippen LogP contribution in [0.5, 0.6) is 0 Å². The molecule has 0 amide bonds. The Morgan fingerprint density at radius 3 is 2.02 bits per heavy atom. The maximum Gasteiger partial charge on any atom is 0.305 e. The van der Waals surface area contributed by atoms with E-state index in [1.807, 2.05) is 84.9 Å². The van der Waals surface area contributed by atoms with E-state index in [9.17, 15) is 18.9 Å². The first kappa shape index (κ1) is 36.0. The monoisotopic (exact) mass is 695 g/mol. The van der Waals surface area contributed by atoms with Gasteiger partial charge in [0.15, 0.2) is 8.03 Å². The Hall–Kier alpha value is -4.25. The second kappa shape index (κ2) is 15.5. The predicted octanol–water partition coefficient (Wildman–Crippen LogP) is 8.29. The maximum atomic E-state index is 13.8. The summed E-state index contributed by atoms with van der Waals surface area (Å²) >= 11 is 0. The van der Waals surface area contributed by atoms with Crippen LogP contribution in [0.3, 0.4) is 0 Å². The summed E-state index contributed by atoms with van der Waals surface area (Å²) in [5.74, 6) is 4.97. The van der Waals surface area contributed by atoms with Crippen molar-refractivity contribution in [2.75, 3.05) is 12.8 Å². The normalized spacial score (nSPS) is 13.2. The van der Waals surface area contributed by atoms with Crippen molar-refractivity contribution in [2.24, 2.45) is 0 Å². The van der Waals surface area contributed by atoms with E-state index in [0.717, 1.165) is 38.1 Å². The summed E-state index contributed by atoms with van der Waals surface area (Å²) in [7, 11) is -5.85. The van der Waals surface area contributed by atoms with Crippen molar-refractivity contribution in [2.45, 2.75) is 58.2 Å². The smallest absolute Gasteiger partial charge is 0.305 e. The number of nitrogens with zero attached hydrogens (tertiary/aromatic N) is 1. The molecule has 0 aliphatic heterocycles. The molecular formula is C40H43FNO5PSi. The van der Waals surface area contributed by atoms with Crippen molar-refractivity contribution >= 4 is 43.6 Å². The number of benzene rings is 4. The molecule has 6 nitrogen and oxygen atoms in total. The second-order valence-electron chi connectivity index (χ2n) is 13.4. The largest absolute Gasteiger partial charge is 0.481 e. The van der Waals surface area contributed by atoms with Gasteiger partial charge in [-0.2, -0.15) is 0 Å². The van der Waals surface area contributed by atoms with Crippen LogP contribution in [0, 0.1) is 17.7 Å². The molecule has 49 heavy (non-hydrogen) atoms. The van der Waals surface area contributed by atoms with Crippen LogP contribution in [-0.4, -0.2) is 42.8 Å². The summed E-state index contributed by atoms with van der Waals surface area (Å²) in [6.07, 6.45) is -1.22. The molecule has 0 aliphatic carbocycles. The molecule has 0 saturated heterocycles. The molecule has 0 fully saturated rings. The van der Waals surface area contributed by atoms with Crippen molar-refractivity contribution in [3.05, 3.63) is 121 Å². The van der Waals surface area contributed by atoms with Gasteiger partial charge in [-0.25, -0.2) is 4.39 Å². The van der Waals surface area contributed by atoms with Gasteiger partial charge in [0, 0.05) is 28.7 Å². The Labute approximate surface area is 289 Å². The Kier molecular flexibility index (Phi) is 11.4. The molecule has 254 valence electrons. The van der Waals surface area contributed by atoms with E-state index in [-0.39, 0.29) is 36.1 Å². The molecule has 0 spiro atoms. The molecule has 1 unspecified atom stereocenters. The lowest BCUT2D eigenvalue weighted by Crippen LogP contribution is -2.68. The number of hydrogen-bond donors (Lipinski definition) is 1. The first-order chi connectivity index (χ1) is 23.4. The highest BCUT2D eigenvalue weighted by Crippen LogP contribution is 2.40. The second-order valence-corrected chi connectivity index (χ2v) is 19.1. The molecule has 9 heteroatoms. The average molecular weight is 696 g/mol. The fraction of sp³-hybridized carbons (Fsp3) is 0.275. The number of carboxylic acids is 1. The van der Waals surface area contributed by atoms with Crippen LogP contribution >= 0.6 is 8.03 Å². The minimum Gasteiger partial charge on any atom is -0.481 e. The third kappa shape index (κ3) is 7.98. The van der Waals surface area contributed by atoms with Gasteiger partial charge in [-0.15, -0.1) is 0 Å². The quantitative estimate of drug-likeness (QED) is 0.0808. The molecule has 0 bridgehead atoms. The summed E-state index contributed by atoms with van der Waals surface area (Å²) in [5.41, 5.74) is 3.50. The maximum absolute atomic E-state index is 13.8. The zero-order valence-corrected chi connectivity index (χ0v) is 30.6. The Balaban J connectivity index is 1.43. The minimum absolute atomic E-state index is 0.0593. The van der Waals surface area contributed by atoms with Crippen molar-refractivity contribution in [3.63, 3.8) is 0 Å². The van der Waals surface area contributed by atoms with Gasteiger partial charge in [-0.3, -0.25) is 9.36 Å².